The van der Waals surface area contributed by atoms with Gasteiger partial charge in [-0.1, -0.05) is 18.5 Å². The van der Waals surface area contributed by atoms with Gasteiger partial charge in [0.05, 0.1) is 42.6 Å². The number of nitrogens with zero attached hydrogens (tertiary/aromatic N) is 3. The van der Waals surface area contributed by atoms with Crippen LogP contribution < -0.4 is 10.1 Å². The van der Waals surface area contributed by atoms with Crippen molar-refractivity contribution in [3.8, 4) is 23.1 Å². The summed E-state index contributed by atoms with van der Waals surface area (Å²) in [6.07, 6.45) is -3.50. The quantitative estimate of drug-likeness (QED) is 0.706. The van der Waals surface area contributed by atoms with Gasteiger partial charge in [-0.3, -0.25) is 4.68 Å². The van der Waals surface area contributed by atoms with Crippen molar-refractivity contribution < 1.29 is 17.9 Å². The Hall–Kier alpha value is -2.40. The molecule has 0 aliphatic carbocycles. The number of rotatable bonds is 7. The van der Waals surface area contributed by atoms with E-state index in [0.29, 0.717) is 40.7 Å². The van der Waals surface area contributed by atoms with Crippen molar-refractivity contribution in [1.82, 2.24) is 9.78 Å². The van der Waals surface area contributed by atoms with E-state index < -0.39 is 12.2 Å². The fraction of sp³-hybridized carbons (Fsp3) is 0.444. The first-order valence-corrected chi connectivity index (χ1v) is 8.74. The number of halogens is 4. The van der Waals surface area contributed by atoms with Gasteiger partial charge in [0.2, 0.25) is 0 Å². The van der Waals surface area contributed by atoms with Gasteiger partial charge in [0.1, 0.15) is 11.8 Å². The lowest BCUT2D eigenvalue weighted by molar-refractivity contribution is -0.138. The van der Waals surface area contributed by atoms with Gasteiger partial charge in [-0.25, -0.2) is 0 Å². The van der Waals surface area contributed by atoms with Gasteiger partial charge in [0, 0.05) is 17.3 Å². The van der Waals surface area contributed by atoms with Crippen molar-refractivity contribution in [1.29, 1.82) is 5.26 Å². The summed E-state index contributed by atoms with van der Waals surface area (Å²) in [5, 5.41) is 16.1. The summed E-state index contributed by atoms with van der Waals surface area (Å²) in [5.74, 6) is 0.358. The smallest absolute Gasteiger partial charge is 0.408 e. The lowest BCUT2D eigenvalue weighted by Gasteiger charge is -2.19. The van der Waals surface area contributed by atoms with E-state index in [1.54, 1.807) is 10.7 Å². The zero-order valence-corrected chi connectivity index (χ0v) is 15.9. The lowest BCUT2D eigenvalue weighted by atomic mass is 10.1. The molecule has 0 fully saturated rings. The molecule has 5 nitrogen and oxygen atoms in total. The number of benzene rings is 1. The van der Waals surface area contributed by atoms with Crippen molar-refractivity contribution in [3.63, 3.8) is 0 Å². The van der Waals surface area contributed by atoms with Crippen LogP contribution in [-0.4, -0.2) is 29.1 Å². The second-order valence-corrected chi connectivity index (χ2v) is 6.29. The topological polar surface area (TPSA) is 62.9 Å². The van der Waals surface area contributed by atoms with Crippen LogP contribution in [0.4, 0.5) is 18.9 Å². The van der Waals surface area contributed by atoms with Gasteiger partial charge in [-0.05, 0) is 25.5 Å². The SMILES string of the molecule is CCc1nn(CCC#N)c(-c2ccc(N[C@H](C)C(F)(F)F)cc2OC)c1Cl. The van der Waals surface area contributed by atoms with Crippen LogP contribution in [0.15, 0.2) is 18.2 Å². The van der Waals surface area contributed by atoms with Gasteiger partial charge in [0.25, 0.3) is 0 Å². The molecule has 0 amide bonds. The molecule has 0 saturated carbocycles. The molecular weight excluding hydrogens is 381 g/mol. The molecular formula is C18H20ClF3N4O. The highest BCUT2D eigenvalue weighted by molar-refractivity contribution is 6.33. The van der Waals surface area contributed by atoms with Crippen molar-refractivity contribution in [2.45, 2.75) is 45.5 Å². The molecule has 2 aromatic rings. The molecule has 9 heteroatoms. The zero-order chi connectivity index (χ0) is 20.2. The summed E-state index contributed by atoms with van der Waals surface area (Å²) in [4.78, 5) is 0. The van der Waals surface area contributed by atoms with E-state index in [1.165, 1.54) is 19.2 Å². The van der Waals surface area contributed by atoms with Gasteiger partial charge in [0.15, 0.2) is 0 Å². The van der Waals surface area contributed by atoms with E-state index in [4.69, 9.17) is 21.6 Å². The van der Waals surface area contributed by atoms with Crippen molar-refractivity contribution in [2.24, 2.45) is 0 Å². The van der Waals surface area contributed by atoms with Crippen LogP contribution in [0.5, 0.6) is 5.75 Å². The number of nitriles is 1. The fourth-order valence-corrected chi connectivity index (χ4v) is 2.97. The summed E-state index contributed by atoms with van der Waals surface area (Å²) in [6, 6.07) is 5.01. The average Bonchev–Trinajstić information content (AvgIpc) is 2.94. The van der Waals surface area contributed by atoms with Crippen LogP contribution >= 0.6 is 11.6 Å². The molecule has 1 aromatic heterocycles. The van der Waals surface area contributed by atoms with Crippen molar-refractivity contribution in [3.05, 3.63) is 28.9 Å². The van der Waals surface area contributed by atoms with Crippen LogP contribution in [0.1, 0.15) is 26.0 Å². The van der Waals surface area contributed by atoms with Crippen LogP contribution in [-0.2, 0) is 13.0 Å². The Bertz CT molecular complexity index is 842. The molecule has 146 valence electrons. The zero-order valence-electron chi connectivity index (χ0n) is 15.2. The molecule has 1 N–H and O–H groups in total. The first-order chi connectivity index (χ1) is 12.7. The lowest BCUT2D eigenvalue weighted by Crippen LogP contribution is -2.33. The minimum absolute atomic E-state index is 0.249. The summed E-state index contributed by atoms with van der Waals surface area (Å²) in [7, 11) is 1.43. The van der Waals surface area contributed by atoms with Gasteiger partial charge in [-0.2, -0.15) is 23.5 Å². The molecule has 1 heterocycles. The summed E-state index contributed by atoms with van der Waals surface area (Å²) in [5.41, 5.74) is 2.13. The Morgan fingerprint density at radius 1 is 1.41 bits per heavy atom. The van der Waals surface area contributed by atoms with Crippen LogP contribution in [0.25, 0.3) is 11.3 Å². The van der Waals surface area contributed by atoms with Crippen LogP contribution in [0, 0.1) is 11.3 Å². The Morgan fingerprint density at radius 2 is 2.11 bits per heavy atom. The van der Waals surface area contributed by atoms with E-state index in [9.17, 15) is 13.2 Å². The molecule has 0 aliphatic heterocycles. The Labute approximate surface area is 160 Å². The maximum absolute atomic E-state index is 12.8. The molecule has 27 heavy (non-hydrogen) atoms. The number of anilines is 1. The van der Waals surface area contributed by atoms with E-state index >= 15 is 0 Å². The molecule has 0 unspecified atom stereocenters. The second kappa shape index (κ2) is 8.53. The Kier molecular flexibility index (Phi) is 6.60. The Balaban J connectivity index is 2.47. The predicted molar refractivity (Wildman–Crippen MR) is 98.0 cm³/mol. The number of aromatic nitrogens is 2. The molecule has 0 radical (unpaired) electrons. The first-order valence-electron chi connectivity index (χ1n) is 8.36. The number of nitrogens with one attached hydrogen (secondary N) is 1. The first kappa shape index (κ1) is 20.9. The molecule has 0 saturated heterocycles. The standard InChI is InChI=1S/C18H20ClF3N4O/c1-4-14-16(19)17(26(25-14)9-5-8-23)13-7-6-12(10-15(13)27-3)24-11(2)18(20,21)22/h6-7,10-11,24H,4-5,9H2,1-3H3/t11-/m1/s1. The van der Waals surface area contributed by atoms with Crippen molar-refractivity contribution in [2.75, 3.05) is 12.4 Å². The number of ether oxygens (including phenoxy) is 1. The third kappa shape index (κ3) is 4.66. The number of hydrogen-bond acceptors (Lipinski definition) is 4. The molecule has 0 spiro atoms. The predicted octanol–water partition coefficient (Wildman–Crippen LogP) is 5.05. The largest absolute Gasteiger partial charge is 0.496 e. The minimum atomic E-state index is -4.36. The summed E-state index contributed by atoms with van der Waals surface area (Å²) in [6.45, 7) is 3.30. The highest BCUT2D eigenvalue weighted by Gasteiger charge is 2.36. The molecule has 0 aliphatic rings. The fourth-order valence-electron chi connectivity index (χ4n) is 2.60. The third-order valence-corrected chi connectivity index (χ3v) is 4.46. The third-order valence-electron chi connectivity index (χ3n) is 4.06. The second-order valence-electron chi connectivity index (χ2n) is 5.92. The number of aryl methyl sites for hydroxylation is 2. The van der Waals surface area contributed by atoms with Crippen LogP contribution in [0.3, 0.4) is 0 Å². The average molecular weight is 401 g/mol. The molecule has 1 atom stereocenters. The van der Waals surface area contributed by atoms with Crippen molar-refractivity contribution >= 4 is 17.3 Å². The highest BCUT2D eigenvalue weighted by Crippen LogP contribution is 2.39. The van der Waals surface area contributed by atoms with Gasteiger partial charge < -0.3 is 10.1 Å². The Morgan fingerprint density at radius 3 is 2.67 bits per heavy atom. The maximum atomic E-state index is 12.8. The van der Waals surface area contributed by atoms with Gasteiger partial charge >= 0.3 is 6.18 Å². The maximum Gasteiger partial charge on any atom is 0.408 e. The van der Waals surface area contributed by atoms with E-state index in [-0.39, 0.29) is 12.1 Å². The monoisotopic (exact) mass is 400 g/mol. The minimum Gasteiger partial charge on any atom is -0.496 e. The summed E-state index contributed by atoms with van der Waals surface area (Å²) < 4.78 is 45.3. The van der Waals surface area contributed by atoms with E-state index in [2.05, 4.69) is 16.5 Å². The molecule has 2 rings (SSSR count). The van der Waals surface area contributed by atoms with E-state index in [1.807, 2.05) is 6.92 Å². The molecule has 0 bridgehead atoms. The van der Waals surface area contributed by atoms with Gasteiger partial charge in [-0.15, -0.1) is 0 Å². The number of hydrogen-bond donors (Lipinski definition) is 1. The van der Waals surface area contributed by atoms with E-state index in [0.717, 1.165) is 6.92 Å². The number of methoxy groups -OCH3 is 1. The number of alkyl halides is 3. The normalized spacial score (nSPS) is 12.5. The van der Waals surface area contributed by atoms with Crippen LogP contribution in [0.2, 0.25) is 5.02 Å². The summed E-state index contributed by atoms with van der Waals surface area (Å²) >= 11 is 6.47. The molecule has 1 aromatic carbocycles. The highest BCUT2D eigenvalue weighted by atomic mass is 35.5.